The molecule has 2 aromatic rings. The Balaban J connectivity index is 1.79. The summed E-state index contributed by atoms with van der Waals surface area (Å²) in [5.41, 5.74) is 1.37. The summed E-state index contributed by atoms with van der Waals surface area (Å²) < 4.78 is 5.15. The van der Waals surface area contributed by atoms with E-state index in [0.29, 0.717) is 5.92 Å². The minimum atomic E-state index is 0.578. The van der Waals surface area contributed by atoms with Gasteiger partial charge < -0.3 is 4.74 Å². The van der Waals surface area contributed by atoms with E-state index in [1.54, 1.807) is 7.11 Å². The zero-order chi connectivity index (χ0) is 13.5. The topological polar surface area (TPSA) is 22.1 Å². The number of ether oxygens (including phenoxy) is 1. The summed E-state index contributed by atoms with van der Waals surface area (Å²) in [6.07, 6.45) is 4.89. The van der Waals surface area contributed by atoms with Crippen LogP contribution in [0.1, 0.15) is 24.8 Å². The molecular formula is C16H19NOS. The molecular weight excluding hydrogens is 254 g/mol. The second-order valence-corrected chi connectivity index (χ2v) is 5.66. The molecule has 1 unspecified atom stereocenters. The van der Waals surface area contributed by atoms with Crippen molar-refractivity contribution in [3.63, 3.8) is 0 Å². The van der Waals surface area contributed by atoms with Crippen LogP contribution < -0.4 is 4.74 Å². The molecule has 1 aromatic carbocycles. The Hall–Kier alpha value is -1.48. The molecule has 0 bridgehead atoms. The highest BCUT2D eigenvalue weighted by Gasteiger charge is 2.05. The number of pyridine rings is 1. The number of nitrogens with zero attached hydrogens (tertiary/aromatic N) is 1. The van der Waals surface area contributed by atoms with Crippen LogP contribution in [-0.2, 0) is 0 Å². The predicted molar refractivity (Wildman–Crippen MR) is 81.0 cm³/mol. The van der Waals surface area contributed by atoms with Crippen molar-refractivity contribution in [3.05, 3.63) is 54.4 Å². The third kappa shape index (κ3) is 4.28. The molecule has 1 aromatic heterocycles. The number of benzene rings is 1. The lowest BCUT2D eigenvalue weighted by molar-refractivity contribution is 0.414. The maximum atomic E-state index is 5.15. The normalized spacial score (nSPS) is 12.1. The van der Waals surface area contributed by atoms with E-state index in [1.165, 1.54) is 16.9 Å². The van der Waals surface area contributed by atoms with Crippen LogP contribution in [-0.4, -0.2) is 17.8 Å². The molecule has 0 saturated heterocycles. The number of methoxy groups -OCH3 is 1. The minimum Gasteiger partial charge on any atom is -0.497 e. The predicted octanol–water partition coefficient (Wildman–Crippen LogP) is 4.38. The number of rotatable bonds is 6. The SMILES string of the molecule is COc1ccc(SCCC(C)c2ccncc2)cc1. The van der Waals surface area contributed by atoms with Gasteiger partial charge in [0.2, 0.25) is 0 Å². The van der Waals surface area contributed by atoms with Crippen molar-refractivity contribution in [3.8, 4) is 5.75 Å². The molecule has 100 valence electrons. The molecule has 0 aliphatic carbocycles. The van der Waals surface area contributed by atoms with Gasteiger partial charge in [0.05, 0.1) is 7.11 Å². The number of aromatic nitrogens is 1. The molecule has 3 heteroatoms. The third-order valence-electron chi connectivity index (χ3n) is 3.15. The summed E-state index contributed by atoms with van der Waals surface area (Å²) >= 11 is 1.89. The van der Waals surface area contributed by atoms with Crippen LogP contribution in [0.4, 0.5) is 0 Å². The van der Waals surface area contributed by atoms with Gasteiger partial charge in [-0.2, -0.15) is 0 Å². The lowest BCUT2D eigenvalue weighted by Crippen LogP contribution is -1.95. The van der Waals surface area contributed by atoms with Gasteiger partial charge in [0.1, 0.15) is 5.75 Å². The fraction of sp³-hybridized carbons (Fsp3) is 0.312. The largest absolute Gasteiger partial charge is 0.497 e. The van der Waals surface area contributed by atoms with Crippen LogP contribution in [0.2, 0.25) is 0 Å². The molecule has 2 rings (SSSR count). The van der Waals surface area contributed by atoms with Crippen molar-refractivity contribution < 1.29 is 4.74 Å². The van der Waals surface area contributed by atoms with Crippen LogP contribution in [0.15, 0.2) is 53.7 Å². The van der Waals surface area contributed by atoms with Gasteiger partial charge in [0, 0.05) is 17.3 Å². The first-order valence-electron chi connectivity index (χ1n) is 6.46. The summed E-state index contributed by atoms with van der Waals surface area (Å²) in [5, 5.41) is 0. The molecule has 0 aliphatic heterocycles. The van der Waals surface area contributed by atoms with Crippen molar-refractivity contribution in [2.45, 2.75) is 24.2 Å². The Morgan fingerprint density at radius 2 is 1.79 bits per heavy atom. The van der Waals surface area contributed by atoms with E-state index in [4.69, 9.17) is 4.74 Å². The number of hydrogen-bond donors (Lipinski definition) is 0. The highest BCUT2D eigenvalue weighted by Crippen LogP contribution is 2.26. The van der Waals surface area contributed by atoms with Gasteiger partial charge >= 0.3 is 0 Å². The van der Waals surface area contributed by atoms with Crippen molar-refractivity contribution in [2.24, 2.45) is 0 Å². The summed E-state index contributed by atoms with van der Waals surface area (Å²) in [6.45, 7) is 2.27. The lowest BCUT2D eigenvalue weighted by Gasteiger charge is -2.11. The second-order valence-electron chi connectivity index (χ2n) is 4.49. The molecule has 0 saturated carbocycles. The highest BCUT2D eigenvalue weighted by atomic mass is 32.2. The van der Waals surface area contributed by atoms with Crippen LogP contribution in [0.3, 0.4) is 0 Å². The van der Waals surface area contributed by atoms with Crippen LogP contribution >= 0.6 is 11.8 Å². The Kier molecular flexibility index (Phi) is 5.28. The van der Waals surface area contributed by atoms with E-state index < -0.39 is 0 Å². The van der Waals surface area contributed by atoms with E-state index in [2.05, 4.69) is 36.2 Å². The van der Waals surface area contributed by atoms with E-state index in [9.17, 15) is 0 Å². The maximum Gasteiger partial charge on any atom is 0.118 e. The molecule has 0 aliphatic rings. The molecule has 0 fully saturated rings. The van der Waals surface area contributed by atoms with Gasteiger partial charge in [-0.25, -0.2) is 0 Å². The zero-order valence-corrected chi connectivity index (χ0v) is 12.2. The molecule has 0 amide bonds. The van der Waals surface area contributed by atoms with Gasteiger partial charge in [0.15, 0.2) is 0 Å². The average molecular weight is 273 g/mol. The van der Waals surface area contributed by atoms with Gasteiger partial charge in [-0.1, -0.05) is 6.92 Å². The standard InChI is InChI=1S/C16H19NOS/c1-13(14-7-10-17-11-8-14)9-12-19-16-5-3-15(18-2)4-6-16/h3-8,10-11,13H,9,12H2,1-2H3. The Morgan fingerprint density at radius 3 is 2.42 bits per heavy atom. The van der Waals surface area contributed by atoms with Crippen molar-refractivity contribution >= 4 is 11.8 Å². The Labute approximate surface area is 119 Å². The molecule has 1 atom stereocenters. The quantitative estimate of drug-likeness (QED) is 0.729. The molecule has 0 radical (unpaired) electrons. The molecule has 2 nitrogen and oxygen atoms in total. The second kappa shape index (κ2) is 7.19. The smallest absolute Gasteiger partial charge is 0.118 e. The third-order valence-corrected chi connectivity index (χ3v) is 4.20. The summed E-state index contributed by atoms with van der Waals surface area (Å²) in [7, 11) is 1.69. The summed E-state index contributed by atoms with van der Waals surface area (Å²) in [6, 6.07) is 12.4. The van der Waals surface area contributed by atoms with E-state index in [0.717, 1.165) is 11.5 Å². The lowest BCUT2D eigenvalue weighted by atomic mass is 10.0. The van der Waals surface area contributed by atoms with Crippen molar-refractivity contribution in [2.75, 3.05) is 12.9 Å². The zero-order valence-electron chi connectivity index (χ0n) is 11.4. The monoisotopic (exact) mass is 273 g/mol. The van der Waals surface area contributed by atoms with Crippen LogP contribution in [0, 0.1) is 0 Å². The van der Waals surface area contributed by atoms with E-state index in [1.807, 2.05) is 36.3 Å². The van der Waals surface area contributed by atoms with E-state index >= 15 is 0 Å². The highest BCUT2D eigenvalue weighted by molar-refractivity contribution is 7.99. The van der Waals surface area contributed by atoms with Crippen LogP contribution in [0.5, 0.6) is 5.75 Å². The van der Waals surface area contributed by atoms with Crippen LogP contribution in [0.25, 0.3) is 0 Å². The summed E-state index contributed by atoms with van der Waals surface area (Å²) in [4.78, 5) is 5.35. The fourth-order valence-corrected chi connectivity index (χ4v) is 2.92. The molecule has 19 heavy (non-hydrogen) atoms. The maximum absolute atomic E-state index is 5.15. The van der Waals surface area contributed by atoms with Gasteiger partial charge in [-0.15, -0.1) is 11.8 Å². The average Bonchev–Trinajstić information content (AvgIpc) is 2.49. The number of hydrogen-bond acceptors (Lipinski definition) is 3. The molecule has 0 N–H and O–H groups in total. The molecule has 1 heterocycles. The van der Waals surface area contributed by atoms with Gasteiger partial charge in [0.25, 0.3) is 0 Å². The first-order valence-corrected chi connectivity index (χ1v) is 7.45. The number of thioether (sulfide) groups is 1. The fourth-order valence-electron chi connectivity index (χ4n) is 1.88. The molecule has 0 spiro atoms. The van der Waals surface area contributed by atoms with Crippen molar-refractivity contribution in [1.82, 2.24) is 4.98 Å². The van der Waals surface area contributed by atoms with Crippen molar-refractivity contribution in [1.29, 1.82) is 0 Å². The van der Waals surface area contributed by atoms with E-state index in [-0.39, 0.29) is 0 Å². The minimum absolute atomic E-state index is 0.578. The van der Waals surface area contributed by atoms with Gasteiger partial charge in [-0.05, 0) is 60.1 Å². The first kappa shape index (κ1) is 13.9. The first-order chi connectivity index (χ1) is 9.29. The summed E-state index contributed by atoms with van der Waals surface area (Å²) in [5.74, 6) is 2.61. The Morgan fingerprint density at radius 1 is 1.11 bits per heavy atom. The Bertz CT molecular complexity index is 484. The van der Waals surface area contributed by atoms with Gasteiger partial charge in [-0.3, -0.25) is 4.98 Å².